The van der Waals surface area contributed by atoms with Gasteiger partial charge in [0.1, 0.15) is 5.82 Å². The minimum absolute atomic E-state index is 0.140. The van der Waals surface area contributed by atoms with Crippen molar-refractivity contribution in [2.45, 2.75) is 19.1 Å². The van der Waals surface area contributed by atoms with Crippen molar-refractivity contribution < 1.29 is 19.0 Å². The normalized spacial score (nSPS) is 18.8. The first kappa shape index (κ1) is 11.2. The second kappa shape index (κ2) is 4.06. The quantitative estimate of drug-likeness (QED) is 0.899. The molecule has 1 atom stereocenters. The van der Waals surface area contributed by atoms with E-state index in [1.165, 1.54) is 6.07 Å². The summed E-state index contributed by atoms with van der Waals surface area (Å²) in [5.41, 5.74) is 0.736. The number of aromatic nitrogens is 2. The summed E-state index contributed by atoms with van der Waals surface area (Å²) in [5.74, 6) is -2.04. The van der Waals surface area contributed by atoms with Crippen LogP contribution in [0.4, 0.5) is 4.39 Å². The number of nitrogens with zero attached hydrogens (tertiary/aromatic N) is 2. The molecule has 6 heteroatoms. The van der Waals surface area contributed by atoms with Gasteiger partial charge in [-0.2, -0.15) is 0 Å². The highest BCUT2D eigenvalue weighted by Crippen LogP contribution is 2.21. The number of carbonyl (C=O) groups is 1. The molecule has 2 aromatic rings. The van der Waals surface area contributed by atoms with Crippen molar-refractivity contribution in [3.63, 3.8) is 0 Å². The number of aromatic carboxylic acids is 1. The third-order valence-electron chi connectivity index (χ3n) is 3.13. The third kappa shape index (κ3) is 1.74. The van der Waals surface area contributed by atoms with Crippen molar-refractivity contribution in [3.8, 4) is 0 Å². The average Bonchev–Trinajstić information content (AvgIpc) is 2.64. The van der Waals surface area contributed by atoms with E-state index in [4.69, 9.17) is 9.84 Å². The van der Waals surface area contributed by atoms with Crippen LogP contribution in [0.3, 0.4) is 0 Å². The van der Waals surface area contributed by atoms with E-state index >= 15 is 0 Å². The molecule has 1 N–H and O–H groups in total. The predicted molar refractivity (Wildman–Crippen MR) is 61.0 cm³/mol. The Balaban J connectivity index is 2.04. The second-order valence-corrected chi connectivity index (χ2v) is 4.30. The van der Waals surface area contributed by atoms with Crippen LogP contribution in [-0.2, 0) is 11.3 Å². The van der Waals surface area contributed by atoms with Crippen LogP contribution in [0, 0.1) is 5.82 Å². The molecule has 0 spiro atoms. The number of hydrogen-bond acceptors (Lipinski definition) is 3. The van der Waals surface area contributed by atoms with E-state index < -0.39 is 11.8 Å². The van der Waals surface area contributed by atoms with Gasteiger partial charge < -0.3 is 14.4 Å². The number of hydrogen-bond donors (Lipinski definition) is 1. The van der Waals surface area contributed by atoms with E-state index in [9.17, 15) is 9.18 Å². The standard InChI is InChI=1S/C12H11FN2O3/c13-9-4-10-11(3-8(9)12(16)17)15(6-14-10)5-7-1-2-18-7/h3-4,6-7H,1-2,5H2,(H,16,17)/t7-/m0/s1. The van der Waals surface area contributed by atoms with Crippen LogP contribution in [0.15, 0.2) is 18.5 Å². The summed E-state index contributed by atoms with van der Waals surface area (Å²) in [7, 11) is 0. The molecule has 1 saturated heterocycles. The molecule has 1 aliphatic rings. The van der Waals surface area contributed by atoms with Gasteiger partial charge in [0.2, 0.25) is 0 Å². The van der Waals surface area contributed by atoms with Gasteiger partial charge in [-0.1, -0.05) is 0 Å². The minimum Gasteiger partial charge on any atom is -0.478 e. The molecular weight excluding hydrogens is 239 g/mol. The smallest absolute Gasteiger partial charge is 0.338 e. The predicted octanol–water partition coefficient (Wildman–Crippen LogP) is 1.66. The number of halogens is 1. The number of benzene rings is 1. The molecule has 94 valence electrons. The summed E-state index contributed by atoms with van der Waals surface area (Å²) in [6.07, 6.45) is 2.70. The summed E-state index contributed by atoms with van der Waals surface area (Å²) < 4.78 is 20.6. The SMILES string of the molecule is O=C(O)c1cc2c(cc1F)ncn2C[C@@H]1CCO1. The van der Waals surface area contributed by atoms with Gasteiger partial charge in [0, 0.05) is 12.7 Å². The first-order valence-corrected chi connectivity index (χ1v) is 5.64. The first-order valence-electron chi connectivity index (χ1n) is 5.64. The molecule has 0 aliphatic carbocycles. The van der Waals surface area contributed by atoms with Gasteiger partial charge in [0.05, 0.1) is 35.6 Å². The Morgan fingerprint density at radius 2 is 2.39 bits per heavy atom. The van der Waals surface area contributed by atoms with Crippen LogP contribution in [0.25, 0.3) is 11.0 Å². The Morgan fingerprint density at radius 3 is 3.00 bits per heavy atom. The van der Waals surface area contributed by atoms with Gasteiger partial charge in [-0.05, 0) is 12.5 Å². The number of carboxylic acids is 1. The number of imidazole rings is 1. The van der Waals surface area contributed by atoms with E-state index in [0.29, 0.717) is 17.6 Å². The molecule has 3 rings (SSSR count). The summed E-state index contributed by atoms with van der Waals surface area (Å²) in [6.45, 7) is 1.37. The third-order valence-corrected chi connectivity index (χ3v) is 3.13. The molecular formula is C12H11FN2O3. The molecule has 0 radical (unpaired) electrons. The molecule has 1 aliphatic heterocycles. The lowest BCUT2D eigenvalue weighted by molar-refractivity contribution is -0.0586. The highest BCUT2D eigenvalue weighted by molar-refractivity contribution is 5.92. The van der Waals surface area contributed by atoms with E-state index in [1.807, 2.05) is 0 Å². The van der Waals surface area contributed by atoms with Crippen LogP contribution in [-0.4, -0.2) is 33.3 Å². The fourth-order valence-corrected chi connectivity index (χ4v) is 2.04. The van der Waals surface area contributed by atoms with Crippen molar-refractivity contribution in [1.82, 2.24) is 9.55 Å². The lowest BCUT2D eigenvalue weighted by Gasteiger charge is -2.26. The Kier molecular flexibility index (Phi) is 2.52. The summed E-state index contributed by atoms with van der Waals surface area (Å²) in [5, 5.41) is 8.90. The van der Waals surface area contributed by atoms with Gasteiger partial charge >= 0.3 is 5.97 Å². The maximum Gasteiger partial charge on any atom is 0.338 e. The van der Waals surface area contributed by atoms with Crippen LogP contribution in [0.1, 0.15) is 16.8 Å². The van der Waals surface area contributed by atoms with Gasteiger partial charge in [-0.3, -0.25) is 0 Å². The number of fused-ring (bicyclic) bond motifs is 1. The van der Waals surface area contributed by atoms with Crippen LogP contribution in [0.2, 0.25) is 0 Å². The highest BCUT2D eigenvalue weighted by Gasteiger charge is 2.20. The molecule has 0 saturated carbocycles. The molecule has 18 heavy (non-hydrogen) atoms. The monoisotopic (exact) mass is 250 g/mol. The van der Waals surface area contributed by atoms with E-state index in [2.05, 4.69) is 4.98 Å². The summed E-state index contributed by atoms with van der Waals surface area (Å²) in [6, 6.07) is 2.47. The molecule has 1 aromatic heterocycles. The molecule has 1 aromatic carbocycles. The van der Waals surface area contributed by atoms with E-state index in [-0.39, 0.29) is 11.7 Å². The molecule has 5 nitrogen and oxygen atoms in total. The van der Waals surface area contributed by atoms with Crippen molar-refractivity contribution in [2.24, 2.45) is 0 Å². The molecule has 0 amide bonds. The number of carboxylic acid groups (broad SMARTS) is 1. The van der Waals surface area contributed by atoms with Crippen molar-refractivity contribution in [3.05, 3.63) is 29.8 Å². The Hall–Kier alpha value is -1.95. The fourth-order valence-electron chi connectivity index (χ4n) is 2.04. The maximum atomic E-state index is 13.5. The van der Waals surface area contributed by atoms with Crippen LogP contribution in [0.5, 0.6) is 0 Å². The summed E-state index contributed by atoms with van der Waals surface area (Å²) in [4.78, 5) is 15.0. The Bertz CT molecular complexity index is 619. The zero-order valence-corrected chi connectivity index (χ0v) is 9.47. The van der Waals surface area contributed by atoms with Gasteiger partial charge in [-0.25, -0.2) is 14.2 Å². The van der Waals surface area contributed by atoms with Crippen molar-refractivity contribution >= 4 is 17.0 Å². The lowest BCUT2D eigenvalue weighted by Crippen LogP contribution is -2.30. The van der Waals surface area contributed by atoms with Crippen LogP contribution >= 0.6 is 0 Å². The number of rotatable bonds is 3. The van der Waals surface area contributed by atoms with Gasteiger partial charge in [-0.15, -0.1) is 0 Å². The van der Waals surface area contributed by atoms with Gasteiger partial charge in [0.15, 0.2) is 0 Å². The maximum absolute atomic E-state index is 13.5. The zero-order chi connectivity index (χ0) is 12.7. The van der Waals surface area contributed by atoms with Gasteiger partial charge in [0.25, 0.3) is 0 Å². The lowest BCUT2D eigenvalue weighted by atomic mass is 10.1. The Morgan fingerprint density at radius 1 is 1.61 bits per heavy atom. The van der Waals surface area contributed by atoms with E-state index in [1.54, 1.807) is 10.9 Å². The molecule has 0 unspecified atom stereocenters. The number of ether oxygens (including phenoxy) is 1. The zero-order valence-electron chi connectivity index (χ0n) is 9.47. The fraction of sp³-hybridized carbons (Fsp3) is 0.333. The average molecular weight is 250 g/mol. The van der Waals surface area contributed by atoms with E-state index in [0.717, 1.165) is 19.1 Å². The molecule has 0 bridgehead atoms. The highest BCUT2D eigenvalue weighted by atomic mass is 19.1. The van der Waals surface area contributed by atoms with Crippen LogP contribution < -0.4 is 0 Å². The van der Waals surface area contributed by atoms with Crippen molar-refractivity contribution in [2.75, 3.05) is 6.61 Å². The second-order valence-electron chi connectivity index (χ2n) is 4.30. The minimum atomic E-state index is -1.28. The summed E-state index contributed by atoms with van der Waals surface area (Å²) >= 11 is 0. The molecule has 1 fully saturated rings. The Labute approximate surface area is 102 Å². The largest absolute Gasteiger partial charge is 0.478 e. The first-order chi connectivity index (χ1) is 8.65. The molecule has 2 heterocycles. The van der Waals surface area contributed by atoms with Crippen molar-refractivity contribution in [1.29, 1.82) is 0 Å². The topological polar surface area (TPSA) is 64.3 Å².